The molecule has 1 aromatic carbocycles. The molecule has 3 N–H and O–H groups in total. The number of rotatable bonds is 8. The molecule has 1 saturated heterocycles. The maximum Gasteiger partial charge on any atom is 0.329 e. The molecule has 1 aliphatic heterocycles. The standard InChI is InChI=1S/C17H20BrN3O5/c1-26-14-10-12(18)7-6-11(14)9-13-16(23)21(17(24)19-13)8-4-2-3-5-15(22)20-25/h6-7,9-10,25H,2-5,8H2,1H3,(H,19,24)(H,20,22)/b13-9-. The van der Waals surface area contributed by atoms with Crippen molar-refractivity contribution in [3.8, 4) is 5.75 Å². The maximum atomic E-state index is 12.4. The highest BCUT2D eigenvalue weighted by Crippen LogP contribution is 2.26. The fourth-order valence-electron chi connectivity index (χ4n) is 2.52. The minimum absolute atomic E-state index is 0.190. The molecule has 1 heterocycles. The molecule has 1 aromatic rings. The molecule has 2 rings (SSSR count). The largest absolute Gasteiger partial charge is 0.496 e. The zero-order valence-electron chi connectivity index (χ0n) is 14.3. The van der Waals surface area contributed by atoms with Crippen molar-refractivity contribution in [1.82, 2.24) is 15.7 Å². The highest BCUT2D eigenvalue weighted by Gasteiger charge is 2.33. The number of nitrogens with one attached hydrogen (secondary N) is 2. The highest BCUT2D eigenvalue weighted by molar-refractivity contribution is 9.10. The molecule has 9 heteroatoms. The average molecular weight is 426 g/mol. The molecular weight excluding hydrogens is 406 g/mol. The van der Waals surface area contributed by atoms with Gasteiger partial charge in [-0.3, -0.25) is 19.7 Å². The Kier molecular flexibility index (Phi) is 7.16. The number of nitrogens with zero attached hydrogens (tertiary/aromatic N) is 1. The van der Waals surface area contributed by atoms with Gasteiger partial charge in [-0.05, 0) is 31.1 Å². The third kappa shape index (κ3) is 5.06. The molecule has 1 fully saturated rings. The van der Waals surface area contributed by atoms with E-state index in [1.54, 1.807) is 23.7 Å². The average Bonchev–Trinajstić information content (AvgIpc) is 2.89. The van der Waals surface area contributed by atoms with Gasteiger partial charge in [-0.2, -0.15) is 0 Å². The molecule has 0 spiro atoms. The third-order valence-corrected chi connectivity index (χ3v) is 4.36. The van der Waals surface area contributed by atoms with E-state index in [0.29, 0.717) is 30.6 Å². The van der Waals surface area contributed by atoms with E-state index in [2.05, 4.69) is 21.2 Å². The quantitative estimate of drug-likeness (QED) is 0.195. The van der Waals surface area contributed by atoms with Gasteiger partial charge in [0.2, 0.25) is 5.91 Å². The fraction of sp³-hybridized carbons (Fsp3) is 0.353. The molecule has 26 heavy (non-hydrogen) atoms. The number of unbranched alkanes of at least 4 members (excludes halogenated alkanes) is 2. The number of urea groups is 1. The summed E-state index contributed by atoms with van der Waals surface area (Å²) in [4.78, 5) is 36.5. The first-order chi connectivity index (χ1) is 12.5. The molecule has 0 aromatic heterocycles. The number of carbonyl (C=O) groups is 3. The van der Waals surface area contributed by atoms with E-state index in [1.807, 2.05) is 6.07 Å². The highest BCUT2D eigenvalue weighted by atomic mass is 79.9. The van der Waals surface area contributed by atoms with Gasteiger partial charge in [0.1, 0.15) is 11.4 Å². The molecule has 0 aliphatic carbocycles. The second-order valence-corrected chi connectivity index (χ2v) is 6.59. The Morgan fingerprint density at radius 1 is 1.35 bits per heavy atom. The van der Waals surface area contributed by atoms with Gasteiger partial charge in [0, 0.05) is 23.0 Å². The van der Waals surface area contributed by atoms with E-state index >= 15 is 0 Å². The van der Waals surface area contributed by atoms with Gasteiger partial charge in [-0.25, -0.2) is 10.3 Å². The summed E-state index contributed by atoms with van der Waals surface area (Å²) >= 11 is 3.35. The Bertz CT molecular complexity index is 735. The van der Waals surface area contributed by atoms with Crippen molar-refractivity contribution in [3.05, 3.63) is 33.9 Å². The van der Waals surface area contributed by atoms with Gasteiger partial charge in [0.15, 0.2) is 0 Å². The maximum absolute atomic E-state index is 12.4. The van der Waals surface area contributed by atoms with E-state index in [9.17, 15) is 14.4 Å². The summed E-state index contributed by atoms with van der Waals surface area (Å²) in [6.07, 6.45) is 3.58. The monoisotopic (exact) mass is 425 g/mol. The molecule has 0 bridgehead atoms. The van der Waals surface area contributed by atoms with Crippen molar-refractivity contribution < 1.29 is 24.3 Å². The predicted octanol–water partition coefficient (Wildman–Crippen LogP) is 2.42. The molecule has 140 valence electrons. The Labute approximate surface area is 159 Å². The fourth-order valence-corrected chi connectivity index (χ4v) is 2.86. The van der Waals surface area contributed by atoms with Crippen molar-refractivity contribution >= 4 is 39.9 Å². The molecule has 4 amide bonds. The minimum atomic E-state index is -0.467. The van der Waals surface area contributed by atoms with Gasteiger partial charge in [-0.1, -0.05) is 28.4 Å². The molecule has 0 saturated carbocycles. The summed E-state index contributed by atoms with van der Waals surface area (Å²) < 4.78 is 6.13. The number of imide groups is 1. The van der Waals surface area contributed by atoms with Crippen LogP contribution in [0, 0.1) is 0 Å². The summed E-state index contributed by atoms with van der Waals surface area (Å²) in [5.41, 5.74) is 2.43. The Balaban J connectivity index is 1.97. The van der Waals surface area contributed by atoms with Crippen LogP contribution in [-0.4, -0.2) is 41.6 Å². The SMILES string of the molecule is COc1cc(Br)ccc1/C=C1\NC(=O)N(CCCCCC(=O)NO)C1=O. The molecule has 1 aliphatic rings. The number of carbonyl (C=O) groups excluding carboxylic acids is 3. The zero-order chi connectivity index (χ0) is 19.1. The number of hydroxylamine groups is 1. The van der Waals surface area contributed by atoms with Crippen LogP contribution in [0.25, 0.3) is 6.08 Å². The second kappa shape index (κ2) is 9.35. The predicted molar refractivity (Wildman–Crippen MR) is 97.3 cm³/mol. The van der Waals surface area contributed by atoms with Gasteiger partial charge < -0.3 is 10.1 Å². The van der Waals surface area contributed by atoms with Crippen LogP contribution in [0.15, 0.2) is 28.4 Å². The number of hydrogen-bond donors (Lipinski definition) is 3. The van der Waals surface area contributed by atoms with Crippen molar-refractivity contribution in [2.24, 2.45) is 0 Å². The van der Waals surface area contributed by atoms with Crippen LogP contribution < -0.4 is 15.5 Å². The molecule has 0 radical (unpaired) electrons. The van der Waals surface area contributed by atoms with Crippen LogP contribution >= 0.6 is 15.9 Å². The number of hydrogen-bond acceptors (Lipinski definition) is 5. The molecule has 0 unspecified atom stereocenters. The first-order valence-electron chi connectivity index (χ1n) is 8.07. The lowest BCUT2D eigenvalue weighted by atomic mass is 10.1. The zero-order valence-corrected chi connectivity index (χ0v) is 15.8. The van der Waals surface area contributed by atoms with Gasteiger partial charge >= 0.3 is 6.03 Å². The van der Waals surface area contributed by atoms with E-state index in [4.69, 9.17) is 9.94 Å². The van der Waals surface area contributed by atoms with Crippen LogP contribution in [0.1, 0.15) is 31.2 Å². The van der Waals surface area contributed by atoms with Crippen LogP contribution in [0.5, 0.6) is 5.75 Å². The molecular formula is C17H20BrN3O5. The van der Waals surface area contributed by atoms with Crippen LogP contribution in [0.4, 0.5) is 4.79 Å². The van der Waals surface area contributed by atoms with E-state index in [-0.39, 0.29) is 18.7 Å². The van der Waals surface area contributed by atoms with E-state index in [0.717, 1.165) is 9.37 Å². The summed E-state index contributed by atoms with van der Waals surface area (Å²) in [5.74, 6) is -0.267. The van der Waals surface area contributed by atoms with Crippen molar-refractivity contribution in [3.63, 3.8) is 0 Å². The van der Waals surface area contributed by atoms with Crippen LogP contribution in [0.3, 0.4) is 0 Å². The van der Waals surface area contributed by atoms with Crippen molar-refractivity contribution in [2.75, 3.05) is 13.7 Å². The Morgan fingerprint density at radius 2 is 2.12 bits per heavy atom. The summed E-state index contributed by atoms with van der Waals surface area (Å²) in [7, 11) is 1.53. The van der Waals surface area contributed by atoms with E-state index < -0.39 is 17.8 Å². The number of amides is 4. The lowest BCUT2D eigenvalue weighted by Gasteiger charge is -2.11. The first-order valence-corrected chi connectivity index (χ1v) is 8.86. The van der Waals surface area contributed by atoms with E-state index in [1.165, 1.54) is 7.11 Å². The van der Waals surface area contributed by atoms with Gasteiger partial charge in [-0.15, -0.1) is 0 Å². The van der Waals surface area contributed by atoms with Gasteiger partial charge in [0.05, 0.1) is 7.11 Å². The number of halogens is 1. The van der Waals surface area contributed by atoms with Crippen LogP contribution in [-0.2, 0) is 9.59 Å². The summed E-state index contributed by atoms with van der Waals surface area (Å²) in [5, 5.41) is 11.0. The smallest absolute Gasteiger partial charge is 0.329 e. The lowest BCUT2D eigenvalue weighted by Crippen LogP contribution is -2.31. The van der Waals surface area contributed by atoms with Crippen molar-refractivity contribution in [1.29, 1.82) is 0 Å². The normalized spacial score (nSPS) is 15.3. The topological polar surface area (TPSA) is 108 Å². The Morgan fingerprint density at radius 3 is 2.81 bits per heavy atom. The number of benzene rings is 1. The summed E-state index contributed by atoms with van der Waals surface area (Å²) in [6, 6.07) is 4.90. The second-order valence-electron chi connectivity index (χ2n) is 5.68. The number of ether oxygens (including phenoxy) is 1. The Hall–Kier alpha value is -2.39. The molecule has 0 atom stereocenters. The third-order valence-electron chi connectivity index (χ3n) is 3.87. The lowest BCUT2D eigenvalue weighted by molar-refractivity contribution is -0.129. The first kappa shape index (κ1) is 19.9. The molecule has 8 nitrogen and oxygen atoms in total. The number of methoxy groups -OCH3 is 1. The van der Waals surface area contributed by atoms with Gasteiger partial charge in [0.25, 0.3) is 5.91 Å². The van der Waals surface area contributed by atoms with Crippen LogP contribution in [0.2, 0.25) is 0 Å². The minimum Gasteiger partial charge on any atom is -0.496 e. The van der Waals surface area contributed by atoms with Crippen molar-refractivity contribution in [2.45, 2.75) is 25.7 Å². The summed E-state index contributed by atoms with van der Waals surface area (Å²) in [6.45, 7) is 0.264.